The Kier molecular flexibility index (Phi) is 5.97. The van der Waals surface area contributed by atoms with Crippen LogP contribution in [0.15, 0.2) is 11.1 Å². The molecule has 1 rings (SSSR count). The SMILES string of the molecule is CCCn1cc(S(=O)(=O)N(CCOC)C(C)C)c(N)n1. The number of sulfonamides is 1. The number of hydrogen-bond donors (Lipinski definition) is 1. The molecule has 7 nitrogen and oxygen atoms in total. The molecule has 0 unspecified atom stereocenters. The standard InChI is InChI=1S/C12H24N4O3S/c1-5-6-15-9-11(12(13)14-15)20(17,18)16(10(2)3)7-8-19-4/h9-10H,5-8H2,1-4H3,(H2,13,14). The number of rotatable bonds is 8. The lowest BCUT2D eigenvalue weighted by Gasteiger charge is -2.25. The Hall–Kier alpha value is -1.12. The summed E-state index contributed by atoms with van der Waals surface area (Å²) in [6.45, 7) is 6.89. The minimum atomic E-state index is -3.66. The number of nitrogens with zero attached hydrogens (tertiary/aromatic N) is 3. The van der Waals surface area contributed by atoms with Gasteiger partial charge in [-0.05, 0) is 20.3 Å². The van der Waals surface area contributed by atoms with Gasteiger partial charge in [0.15, 0.2) is 5.82 Å². The average molecular weight is 304 g/mol. The van der Waals surface area contributed by atoms with Crippen LogP contribution in [0.3, 0.4) is 0 Å². The summed E-state index contributed by atoms with van der Waals surface area (Å²) in [6.07, 6.45) is 2.36. The first kappa shape index (κ1) is 16.9. The summed E-state index contributed by atoms with van der Waals surface area (Å²) in [7, 11) is -2.12. The number of hydrogen-bond acceptors (Lipinski definition) is 5. The van der Waals surface area contributed by atoms with E-state index >= 15 is 0 Å². The Morgan fingerprint density at radius 1 is 1.50 bits per heavy atom. The minimum absolute atomic E-state index is 0.0431. The zero-order chi connectivity index (χ0) is 15.3. The van der Waals surface area contributed by atoms with Crippen LogP contribution < -0.4 is 5.73 Å². The summed E-state index contributed by atoms with van der Waals surface area (Å²) in [5, 5.41) is 4.05. The highest BCUT2D eigenvalue weighted by molar-refractivity contribution is 7.89. The Bertz CT molecular complexity index is 525. The van der Waals surface area contributed by atoms with Gasteiger partial charge < -0.3 is 10.5 Å². The Labute approximate surface area is 120 Å². The smallest absolute Gasteiger partial charge is 0.248 e. The van der Waals surface area contributed by atoms with E-state index in [4.69, 9.17) is 10.5 Å². The van der Waals surface area contributed by atoms with E-state index in [0.717, 1.165) is 6.42 Å². The van der Waals surface area contributed by atoms with E-state index in [1.165, 1.54) is 10.5 Å². The summed E-state index contributed by atoms with van der Waals surface area (Å²) in [5.74, 6) is 0.0431. The number of ether oxygens (including phenoxy) is 1. The number of anilines is 1. The molecule has 0 aliphatic carbocycles. The summed E-state index contributed by atoms with van der Waals surface area (Å²) in [5.41, 5.74) is 5.76. The first-order chi connectivity index (χ1) is 9.34. The lowest BCUT2D eigenvalue weighted by Crippen LogP contribution is -2.39. The molecule has 2 N–H and O–H groups in total. The second-order valence-corrected chi connectivity index (χ2v) is 6.70. The van der Waals surface area contributed by atoms with Crippen molar-refractivity contribution in [3.05, 3.63) is 6.20 Å². The first-order valence-electron chi connectivity index (χ1n) is 6.68. The molecule has 0 amide bonds. The van der Waals surface area contributed by atoms with Gasteiger partial charge in [-0.1, -0.05) is 6.92 Å². The number of methoxy groups -OCH3 is 1. The van der Waals surface area contributed by atoms with Gasteiger partial charge in [-0.2, -0.15) is 9.40 Å². The molecular weight excluding hydrogens is 280 g/mol. The fraction of sp³-hybridized carbons (Fsp3) is 0.750. The van der Waals surface area contributed by atoms with Crippen LogP contribution in [0.25, 0.3) is 0 Å². The van der Waals surface area contributed by atoms with Crippen LogP contribution in [0, 0.1) is 0 Å². The molecular formula is C12H24N4O3S. The lowest BCUT2D eigenvalue weighted by molar-refractivity contribution is 0.171. The molecule has 8 heteroatoms. The molecule has 0 aliphatic heterocycles. The van der Waals surface area contributed by atoms with Crippen LogP contribution in [-0.4, -0.2) is 48.8 Å². The van der Waals surface area contributed by atoms with Gasteiger partial charge in [0.25, 0.3) is 0 Å². The summed E-state index contributed by atoms with van der Waals surface area (Å²) in [6, 6.07) is -0.177. The van der Waals surface area contributed by atoms with E-state index in [0.29, 0.717) is 13.2 Å². The van der Waals surface area contributed by atoms with Crippen molar-refractivity contribution in [2.75, 3.05) is 26.0 Å². The van der Waals surface area contributed by atoms with Crippen molar-refractivity contribution < 1.29 is 13.2 Å². The van der Waals surface area contributed by atoms with Crippen molar-refractivity contribution in [3.8, 4) is 0 Å². The zero-order valence-corrected chi connectivity index (χ0v) is 13.4. The highest BCUT2D eigenvalue weighted by Gasteiger charge is 2.30. The van der Waals surface area contributed by atoms with Crippen molar-refractivity contribution in [3.63, 3.8) is 0 Å². The molecule has 0 saturated carbocycles. The van der Waals surface area contributed by atoms with E-state index in [2.05, 4.69) is 5.10 Å². The zero-order valence-electron chi connectivity index (χ0n) is 12.5. The highest BCUT2D eigenvalue weighted by atomic mass is 32.2. The molecule has 0 aliphatic rings. The Balaban J connectivity index is 3.12. The molecule has 1 aromatic heterocycles. The predicted molar refractivity (Wildman–Crippen MR) is 77.8 cm³/mol. The van der Waals surface area contributed by atoms with E-state index in [1.54, 1.807) is 11.8 Å². The van der Waals surface area contributed by atoms with Crippen LogP contribution in [-0.2, 0) is 21.3 Å². The van der Waals surface area contributed by atoms with E-state index in [9.17, 15) is 8.42 Å². The number of nitrogen functional groups attached to an aromatic ring is 1. The topological polar surface area (TPSA) is 90.5 Å². The quantitative estimate of drug-likeness (QED) is 0.771. The molecule has 116 valence electrons. The van der Waals surface area contributed by atoms with E-state index in [1.807, 2.05) is 20.8 Å². The second kappa shape index (κ2) is 7.05. The fourth-order valence-electron chi connectivity index (χ4n) is 1.92. The van der Waals surface area contributed by atoms with Crippen LogP contribution in [0.5, 0.6) is 0 Å². The van der Waals surface area contributed by atoms with Crippen molar-refractivity contribution in [2.24, 2.45) is 0 Å². The third-order valence-electron chi connectivity index (χ3n) is 2.89. The maximum Gasteiger partial charge on any atom is 0.248 e. The number of aromatic nitrogens is 2. The molecule has 1 heterocycles. The number of aryl methyl sites for hydroxylation is 1. The van der Waals surface area contributed by atoms with Crippen molar-refractivity contribution in [2.45, 2.75) is 44.7 Å². The largest absolute Gasteiger partial charge is 0.383 e. The summed E-state index contributed by atoms with van der Waals surface area (Å²) < 4.78 is 33.2. The maximum absolute atomic E-state index is 12.7. The van der Waals surface area contributed by atoms with Gasteiger partial charge in [0.05, 0.1) is 6.61 Å². The van der Waals surface area contributed by atoms with Crippen LogP contribution >= 0.6 is 0 Å². The molecule has 0 radical (unpaired) electrons. The minimum Gasteiger partial charge on any atom is -0.383 e. The summed E-state index contributed by atoms with van der Waals surface area (Å²) in [4.78, 5) is 0.0655. The number of nitrogens with two attached hydrogens (primary N) is 1. The van der Waals surface area contributed by atoms with Crippen molar-refractivity contribution in [1.82, 2.24) is 14.1 Å². The molecule has 0 aromatic carbocycles. The normalized spacial score (nSPS) is 12.5. The highest BCUT2D eigenvalue weighted by Crippen LogP contribution is 2.23. The van der Waals surface area contributed by atoms with Crippen LogP contribution in [0.4, 0.5) is 5.82 Å². The monoisotopic (exact) mass is 304 g/mol. The molecule has 1 aromatic rings. The van der Waals surface area contributed by atoms with Gasteiger partial charge in [-0.25, -0.2) is 8.42 Å². The van der Waals surface area contributed by atoms with Gasteiger partial charge in [0.1, 0.15) is 4.90 Å². The van der Waals surface area contributed by atoms with Gasteiger partial charge in [0, 0.05) is 32.4 Å². The maximum atomic E-state index is 12.7. The van der Waals surface area contributed by atoms with Crippen molar-refractivity contribution >= 4 is 15.8 Å². The fourth-order valence-corrected chi connectivity index (χ4v) is 3.61. The second-order valence-electron chi connectivity index (χ2n) is 4.84. The predicted octanol–water partition coefficient (Wildman–Crippen LogP) is 0.921. The van der Waals surface area contributed by atoms with Gasteiger partial charge >= 0.3 is 0 Å². The van der Waals surface area contributed by atoms with Gasteiger partial charge in [-0.15, -0.1) is 0 Å². The lowest BCUT2D eigenvalue weighted by atomic mass is 10.4. The molecule has 0 atom stereocenters. The van der Waals surface area contributed by atoms with Crippen molar-refractivity contribution in [1.29, 1.82) is 0 Å². The van der Waals surface area contributed by atoms with Crippen LogP contribution in [0.2, 0.25) is 0 Å². The molecule has 0 bridgehead atoms. The van der Waals surface area contributed by atoms with Crippen LogP contribution in [0.1, 0.15) is 27.2 Å². The molecule has 0 saturated heterocycles. The average Bonchev–Trinajstić information content (AvgIpc) is 2.71. The Morgan fingerprint density at radius 3 is 2.65 bits per heavy atom. The molecule has 0 spiro atoms. The molecule has 20 heavy (non-hydrogen) atoms. The van der Waals surface area contributed by atoms with E-state index in [-0.39, 0.29) is 23.3 Å². The van der Waals surface area contributed by atoms with Gasteiger partial charge in [0.2, 0.25) is 10.0 Å². The third kappa shape index (κ3) is 3.71. The first-order valence-corrected chi connectivity index (χ1v) is 8.12. The molecule has 0 fully saturated rings. The van der Waals surface area contributed by atoms with Gasteiger partial charge in [-0.3, -0.25) is 4.68 Å². The third-order valence-corrected chi connectivity index (χ3v) is 4.98. The van der Waals surface area contributed by atoms with E-state index < -0.39 is 10.0 Å². The summed E-state index contributed by atoms with van der Waals surface area (Å²) >= 11 is 0. The Morgan fingerprint density at radius 2 is 2.15 bits per heavy atom.